The molecule has 0 aliphatic carbocycles. The van der Waals surface area contributed by atoms with Gasteiger partial charge in [0.2, 0.25) is 15.9 Å². The molecular formula is C37H41N3O6S. The first-order valence-corrected chi connectivity index (χ1v) is 17.7. The number of aryl methyl sites for hydroxylation is 1. The molecule has 1 heterocycles. The summed E-state index contributed by atoms with van der Waals surface area (Å²) in [6.07, 6.45) is 4.13. The van der Waals surface area contributed by atoms with Gasteiger partial charge in [-0.3, -0.25) is 9.52 Å². The fourth-order valence-corrected chi connectivity index (χ4v) is 6.58. The van der Waals surface area contributed by atoms with Crippen molar-refractivity contribution in [1.29, 1.82) is 0 Å². The Morgan fingerprint density at radius 1 is 0.872 bits per heavy atom. The number of hydrogen-bond donors (Lipinski definition) is 2. The van der Waals surface area contributed by atoms with Gasteiger partial charge in [0, 0.05) is 31.7 Å². The van der Waals surface area contributed by atoms with Crippen LogP contribution in [0.2, 0.25) is 0 Å². The van der Waals surface area contributed by atoms with Gasteiger partial charge in [0.25, 0.3) is 0 Å². The number of carbonyl (C=O) groups excluding carboxylic acids is 1. The van der Waals surface area contributed by atoms with Crippen LogP contribution in [0.5, 0.6) is 11.5 Å². The molecule has 0 bridgehead atoms. The van der Waals surface area contributed by atoms with Crippen LogP contribution in [0.25, 0.3) is 0 Å². The second kappa shape index (κ2) is 15.2. The zero-order chi connectivity index (χ0) is 33.4. The van der Waals surface area contributed by atoms with Gasteiger partial charge in [-0.05, 0) is 91.3 Å². The largest absolute Gasteiger partial charge is 0.480 e. The SMILES string of the molecule is Cc1c(NS(C)(=O)=O)cccc1N(Cc1ccccc1)Cc1ccc(Oc2ccc(CCCC(=O)N3CCC[C@H]3C(=O)O)cc2)cc1. The molecule has 0 radical (unpaired) electrons. The Bertz CT molecular complexity index is 1780. The van der Waals surface area contributed by atoms with Crippen LogP contribution in [0.4, 0.5) is 11.4 Å². The smallest absolute Gasteiger partial charge is 0.326 e. The Morgan fingerprint density at radius 2 is 1.49 bits per heavy atom. The lowest BCUT2D eigenvalue weighted by atomic mass is 10.1. The van der Waals surface area contributed by atoms with E-state index in [1.807, 2.05) is 85.8 Å². The minimum atomic E-state index is -3.42. The Kier molecular flexibility index (Phi) is 10.8. The first-order chi connectivity index (χ1) is 22.6. The van der Waals surface area contributed by atoms with E-state index in [-0.39, 0.29) is 5.91 Å². The molecule has 9 nitrogen and oxygen atoms in total. The molecule has 1 amide bonds. The number of nitrogens with zero attached hydrogens (tertiary/aromatic N) is 2. The zero-order valence-electron chi connectivity index (χ0n) is 26.8. The number of rotatable bonds is 14. The van der Waals surface area contributed by atoms with Gasteiger partial charge < -0.3 is 19.6 Å². The summed E-state index contributed by atoms with van der Waals surface area (Å²) in [5.74, 6) is 0.397. The molecule has 4 aromatic rings. The molecule has 1 fully saturated rings. The summed E-state index contributed by atoms with van der Waals surface area (Å²) in [7, 11) is -3.42. The molecule has 0 spiro atoms. The van der Waals surface area contributed by atoms with Crippen molar-refractivity contribution in [2.45, 2.75) is 58.2 Å². The van der Waals surface area contributed by atoms with Gasteiger partial charge in [-0.1, -0.05) is 60.7 Å². The number of anilines is 2. The van der Waals surface area contributed by atoms with Crippen molar-refractivity contribution in [3.63, 3.8) is 0 Å². The Balaban J connectivity index is 1.20. The minimum Gasteiger partial charge on any atom is -0.480 e. The minimum absolute atomic E-state index is 0.0888. The van der Waals surface area contributed by atoms with E-state index in [0.717, 1.165) is 47.0 Å². The highest BCUT2D eigenvalue weighted by Crippen LogP contribution is 2.31. The third-order valence-electron chi connectivity index (χ3n) is 8.33. The van der Waals surface area contributed by atoms with Gasteiger partial charge >= 0.3 is 5.97 Å². The monoisotopic (exact) mass is 655 g/mol. The van der Waals surface area contributed by atoms with Gasteiger partial charge in [0.1, 0.15) is 17.5 Å². The standard InChI is InChI=1S/C37H41N3O6S/c1-27-33(38-47(2,44)45)12-7-13-34(27)39(25-29-9-4-3-5-10-29)26-30-18-22-32(23-19-30)46-31-20-16-28(17-21-31)11-6-15-36(41)40-24-8-14-35(40)37(42)43/h3-5,7,9-10,12-13,16-23,35,38H,6,8,11,14-15,24-26H2,1-2H3,(H,42,43)/t35-/m0/s1. The molecule has 5 rings (SSSR count). The molecule has 0 unspecified atom stereocenters. The van der Waals surface area contributed by atoms with E-state index in [9.17, 15) is 23.1 Å². The molecule has 2 N–H and O–H groups in total. The maximum Gasteiger partial charge on any atom is 0.326 e. The van der Waals surface area contributed by atoms with Crippen LogP contribution in [0.1, 0.15) is 47.9 Å². The Morgan fingerprint density at radius 3 is 2.11 bits per heavy atom. The quantitative estimate of drug-likeness (QED) is 0.154. The lowest BCUT2D eigenvalue weighted by Crippen LogP contribution is -2.40. The maximum atomic E-state index is 12.5. The summed E-state index contributed by atoms with van der Waals surface area (Å²) in [5, 5.41) is 9.33. The van der Waals surface area contributed by atoms with Gasteiger partial charge in [-0.15, -0.1) is 0 Å². The number of aliphatic carboxylic acids is 1. The number of benzene rings is 4. The van der Waals surface area contributed by atoms with Crippen molar-refractivity contribution in [1.82, 2.24) is 4.90 Å². The normalized spacial score (nSPS) is 14.5. The molecule has 1 aliphatic rings. The fourth-order valence-electron chi connectivity index (χ4n) is 5.96. The van der Waals surface area contributed by atoms with E-state index in [4.69, 9.17) is 4.74 Å². The summed E-state index contributed by atoms with van der Waals surface area (Å²) in [4.78, 5) is 27.7. The first kappa shape index (κ1) is 33.5. The van der Waals surface area contributed by atoms with E-state index in [2.05, 4.69) is 21.8 Å². The van der Waals surface area contributed by atoms with Crippen LogP contribution < -0.4 is 14.4 Å². The highest BCUT2D eigenvalue weighted by atomic mass is 32.2. The van der Waals surface area contributed by atoms with Crippen molar-refractivity contribution < 1.29 is 27.9 Å². The second-order valence-corrected chi connectivity index (χ2v) is 13.7. The van der Waals surface area contributed by atoms with E-state index < -0.39 is 22.0 Å². The maximum absolute atomic E-state index is 12.5. The number of ether oxygens (including phenoxy) is 1. The molecule has 10 heteroatoms. The molecule has 246 valence electrons. The number of hydrogen-bond acceptors (Lipinski definition) is 6. The van der Waals surface area contributed by atoms with Crippen molar-refractivity contribution in [3.05, 3.63) is 119 Å². The Labute approximate surface area is 276 Å². The number of sulfonamides is 1. The number of carboxylic acids is 1. The topological polar surface area (TPSA) is 116 Å². The lowest BCUT2D eigenvalue weighted by Gasteiger charge is -2.28. The van der Waals surface area contributed by atoms with Crippen molar-refractivity contribution in [2.75, 3.05) is 22.4 Å². The van der Waals surface area contributed by atoms with Crippen LogP contribution in [0.15, 0.2) is 97.1 Å². The number of likely N-dealkylation sites (tertiary alicyclic amines) is 1. The molecule has 4 aromatic carbocycles. The molecule has 1 saturated heterocycles. The van der Waals surface area contributed by atoms with Crippen LogP contribution >= 0.6 is 0 Å². The van der Waals surface area contributed by atoms with Gasteiger partial charge in [0.15, 0.2) is 0 Å². The van der Waals surface area contributed by atoms with Crippen LogP contribution in [0, 0.1) is 6.92 Å². The van der Waals surface area contributed by atoms with Crippen LogP contribution in [0.3, 0.4) is 0 Å². The highest BCUT2D eigenvalue weighted by molar-refractivity contribution is 7.92. The predicted molar refractivity (Wildman–Crippen MR) is 184 cm³/mol. The summed E-state index contributed by atoms with van der Waals surface area (Å²) in [6, 6.07) is 30.8. The fraction of sp³-hybridized carbons (Fsp3) is 0.297. The van der Waals surface area contributed by atoms with Crippen molar-refractivity contribution >= 4 is 33.3 Å². The second-order valence-electron chi connectivity index (χ2n) is 12.0. The van der Waals surface area contributed by atoms with E-state index in [1.165, 1.54) is 4.90 Å². The average Bonchev–Trinajstić information content (AvgIpc) is 3.54. The molecule has 1 aliphatic heterocycles. The van der Waals surface area contributed by atoms with Gasteiger partial charge in [0.05, 0.1) is 11.9 Å². The van der Waals surface area contributed by atoms with E-state index in [0.29, 0.717) is 56.1 Å². The average molecular weight is 656 g/mol. The lowest BCUT2D eigenvalue weighted by molar-refractivity contribution is -0.148. The molecule has 0 saturated carbocycles. The summed E-state index contributed by atoms with van der Waals surface area (Å²) < 4.78 is 32.7. The van der Waals surface area contributed by atoms with Crippen molar-refractivity contribution in [3.8, 4) is 11.5 Å². The number of amides is 1. The van der Waals surface area contributed by atoms with E-state index in [1.54, 1.807) is 6.07 Å². The van der Waals surface area contributed by atoms with Gasteiger partial charge in [-0.25, -0.2) is 13.2 Å². The summed E-state index contributed by atoms with van der Waals surface area (Å²) >= 11 is 0. The van der Waals surface area contributed by atoms with Crippen LogP contribution in [-0.4, -0.2) is 49.1 Å². The summed E-state index contributed by atoms with van der Waals surface area (Å²) in [5.41, 5.74) is 5.64. The number of nitrogens with one attached hydrogen (secondary N) is 1. The predicted octanol–water partition coefficient (Wildman–Crippen LogP) is 6.76. The van der Waals surface area contributed by atoms with Crippen LogP contribution in [-0.2, 0) is 39.1 Å². The highest BCUT2D eigenvalue weighted by Gasteiger charge is 2.33. The third-order valence-corrected chi connectivity index (χ3v) is 8.92. The molecule has 47 heavy (non-hydrogen) atoms. The number of carbonyl (C=O) groups is 2. The molecular weight excluding hydrogens is 614 g/mol. The first-order valence-electron chi connectivity index (χ1n) is 15.8. The number of carboxylic acid groups (broad SMARTS) is 1. The van der Waals surface area contributed by atoms with E-state index >= 15 is 0 Å². The third kappa shape index (κ3) is 9.36. The molecule has 1 atom stereocenters. The zero-order valence-corrected chi connectivity index (χ0v) is 27.6. The van der Waals surface area contributed by atoms with Gasteiger partial charge in [-0.2, -0.15) is 0 Å². The summed E-state index contributed by atoms with van der Waals surface area (Å²) in [6.45, 7) is 3.69. The Hall–Kier alpha value is -4.83. The molecule has 0 aromatic heterocycles. The van der Waals surface area contributed by atoms with Crippen molar-refractivity contribution in [2.24, 2.45) is 0 Å².